The van der Waals surface area contributed by atoms with Gasteiger partial charge in [0.2, 0.25) is 0 Å². The van der Waals surface area contributed by atoms with Crippen LogP contribution >= 0.6 is 0 Å². The number of aliphatic hydroxyl groups is 1. The second kappa shape index (κ2) is 7.17. The van der Waals surface area contributed by atoms with E-state index >= 15 is 0 Å². The molecule has 0 bridgehead atoms. The number of hydrogen-bond acceptors (Lipinski definition) is 4. The van der Waals surface area contributed by atoms with Gasteiger partial charge < -0.3 is 25.9 Å². The van der Waals surface area contributed by atoms with Crippen molar-refractivity contribution in [1.82, 2.24) is 0 Å². The van der Waals surface area contributed by atoms with E-state index in [2.05, 4.69) is 0 Å². The fourth-order valence-corrected chi connectivity index (χ4v) is 0.714. The monoisotopic (exact) mass is 269 g/mol. The SMILES string of the molecule is O.O=C(O)CC(O)(CC(=O)O)C(=O)O.[Co]. The molecule has 0 rings (SSSR count). The Morgan fingerprint density at radius 3 is 1.33 bits per heavy atom. The molecule has 0 atom stereocenters. The fourth-order valence-electron chi connectivity index (χ4n) is 0.714. The van der Waals surface area contributed by atoms with Gasteiger partial charge in [-0.1, -0.05) is 0 Å². The third-order valence-electron chi connectivity index (χ3n) is 1.29. The number of hydrogen-bond donors (Lipinski definition) is 4. The zero-order chi connectivity index (χ0) is 10.6. The first-order valence-corrected chi connectivity index (χ1v) is 3.17. The molecule has 6 N–H and O–H groups in total. The Labute approximate surface area is 94.0 Å². The van der Waals surface area contributed by atoms with Gasteiger partial charge in [-0.05, 0) is 0 Å². The zero-order valence-corrected chi connectivity index (χ0v) is 8.30. The van der Waals surface area contributed by atoms with Gasteiger partial charge in [-0.15, -0.1) is 0 Å². The molecule has 0 saturated heterocycles. The maximum atomic E-state index is 10.3. The van der Waals surface area contributed by atoms with Crippen LogP contribution in [0.1, 0.15) is 12.8 Å². The number of aliphatic carboxylic acids is 3. The van der Waals surface area contributed by atoms with E-state index in [-0.39, 0.29) is 22.3 Å². The van der Waals surface area contributed by atoms with Gasteiger partial charge in [0.25, 0.3) is 0 Å². The molecule has 0 amide bonds. The minimum atomic E-state index is -2.74. The molecule has 0 aromatic carbocycles. The Kier molecular flexibility index (Phi) is 9.28. The molecule has 0 aromatic rings. The number of carboxylic acid groups (broad SMARTS) is 3. The quantitative estimate of drug-likeness (QED) is 0.444. The Balaban J connectivity index is -0.000000720. The second-order valence-electron chi connectivity index (χ2n) is 2.48. The standard InChI is InChI=1S/C6H8O7.Co.H2O/c7-3(8)1-6(13,5(11)12)2-4(9)10;;/h13H,1-2H2,(H,7,8)(H,9,10)(H,11,12);;1H2. The molecule has 0 heterocycles. The fraction of sp³-hybridized carbons (Fsp3) is 0.500. The zero-order valence-electron chi connectivity index (χ0n) is 7.26. The van der Waals surface area contributed by atoms with E-state index in [4.69, 9.17) is 20.4 Å². The minimum absolute atomic E-state index is 0. The van der Waals surface area contributed by atoms with Crippen LogP contribution in [-0.4, -0.2) is 49.4 Å². The molecule has 91 valence electrons. The Bertz CT molecular complexity index is 234. The summed E-state index contributed by atoms with van der Waals surface area (Å²) in [5.41, 5.74) is -2.74. The molecule has 0 fully saturated rings. The largest absolute Gasteiger partial charge is 0.481 e. The van der Waals surface area contributed by atoms with Gasteiger partial charge in [0.1, 0.15) is 0 Å². The third-order valence-corrected chi connectivity index (χ3v) is 1.29. The maximum absolute atomic E-state index is 10.3. The van der Waals surface area contributed by atoms with Crippen LogP contribution in [0.15, 0.2) is 0 Å². The van der Waals surface area contributed by atoms with Crippen molar-refractivity contribution in [3.05, 3.63) is 0 Å². The van der Waals surface area contributed by atoms with Crippen LogP contribution in [0, 0.1) is 0 Å². The van der Waals surface area contributed by atoms with E-state index in [9.17, 15) is 14.4 Å². The maximum Gasteiger partial charge on any atom is 0.336 e. The van der Waals surface area contributed by atoms with Crippen molar-refractivity contribution in [3.63, 3.8) is 0 Å². The number of carbonyl (C=O) groups is 3. The molecule has 0 saturated carbocycles. The van der Waals surface area contributed by atoms with Crippen LogP contribution in [0.4, 0.5) is 0 Å². The molecule has 0 aliphatic carbocycles. The molecule has 0 spiro atoms. The summed E-state index contributed by atoms with van der Waals surface area (Å²) >= 11 is 0. The van der Waals surface area contributed by atoms with E-state index in [0.717, 1.165) is 0 Å². The third kappa shape index (κ3) is 6.85. The molecule has 0 aromatic heterocycles. The number of carboxylic acids is 3. The molecule has 15 heavy (non-hydrogen) atoms. The predicted molar refractivity (Wildman–Crippen MR) is 40.7 cm³/mol. The van der Waals surface area contributed by atoms with Crippen molar-refractivity contribution in [2.45, 2.75) is 18.4 Å². The molecular weight excluding hydrogens is 259 g/mol. The summed E-state index contributed by atoms with van der Waals surface area (Å²) in [7, 11) is 0. The Morgan fingerprint density at radius 2 is 1.20 bits per heavy atom. The molecule has 8 nitrogen and oxygen atoms in total. The predicted octanol–water partition coefficient (Wildman–Crippen LogP) is -2.08. The van der Waals surface area contributed by atoms with Crippen LogP contribution < -0.4 is 0 Å². The first-order valence-electron chi connectivity index (χ1n) is 3.17. The average Bonchev–Trinajstić information content (AvgIpc) is 1.82. The van der Waals surface area contributed by atoms with Crippen molar-refractivity contribution < 1.29 is 57.1 Å². The van der Waals surface area contributed by atoms with Gasteiger partial charge in [0.05, 0.1) is 12.8 Å². The van der Waals surface area contributed by atoms with E-state index in [1.807, 2.05) is 0 Å². The van der Waals surface area contributed by atoms with Crippen molar-refractivity contribution in [1.29, 1.82) is 0 Å². The first-order chi connectivity index (χ1) is 5.78. The van der Waals surface area contributed by atoms with Crippen molar-refractivity contribution in [2.24, 2.45) is 0 Å². The van der Waals surface area contributed by atoms with Crippen LogP contribution in [0.5, 0.6) is 0 Å². The van der Waals surface area contributed by atoms with E-state index in [1.54, 1.807) is 0 Å². The Hall–Kier alpha value is -1.16. The van der Waals surface area contributed by atoms with Gasteiger partial charge in [-0.2, -0.15) is 0 Å². The van der Waals surface area contributed by atoms with Gasteiger partial charge in [-0.25, -0.2) is 4.79 Å². The summed E-state index contributed by atoms with van der Waals surface area (Å²) in [6, 6.07) is 0. The van der Waals surface area contributed by atoms with Gasteiger partial charge >= 0.3 is 17.9 Å². The molecule has 1 radical (unpaired) electrons. The molecule has 0 unspecified atom stereocenters. The molecule has 0 aliphatic rings. The van der Waals surface area contributed by atoms with Crippen LogP contribution in [0.3, 0.4) is 0 Å². The first kappa shape index (κ1) is 19.4. The van der Waals surface area contributed by atoms with E-state index in [0.29, 0.717) is 0 Å². The van der Waals surface area contributed by atoms with Crippen molar-refractivity contribution in [3.8, 4) is 0 Å². The minimum Gasteiger partial charge on any atom is -0.481 e. The molecule has 9 heteroatoms. The van der Waals surface area contributed by atoms with Gasteiger partial charge in [-0.3, -0.25) is 9.59 Å². The van der Waals surface area contributed by atoms with Crippen molar-refractivity contribution in [2.75, 3.05) is 0 Å². The van der Waals surface area contributed by atoms with E-state index < -0.39 is 36.4 Å². The smallest absolute Gasteiger partial charge is 0.336 e. The average molecular weight is 269 g/mol. The van der Waals surface area contributed by atoms with Crippen LogP contribution in [-0.2, 0) is 31.2 Å². The van der Waals surface area contributed by atoms with Crippen molar-refractivity contribution >= 4 is 17.9 Å². The topological polar surface area (TPSA) is 164 Å². The van der Waals surface area contributed by atoms with Crippen LogP contribution in [0.25, 0.3) is 0 Å². The molecule has 0 aliphatic heterocycles. The summed E-state index contributed by atoms with van der Waals surface area (Å²) in [5.74, 6) is -5.02. The van der Waals surface area contributed by atoms with Gasteiger partial charge in [0.15, 0.2) is 5.60 Å². The van der Waals surface area contributed by atoms with Crippen LogP contribution in [0.2, 0.25) is 0 Å². The second-order valence-corrected chi connectivity index (χ2v) is 2.48. The Morgan fingerprint density at radius 1 is 0.933 bits per heavy atom. The summed E-state index contributed by atoms with van der Waals surface area (Å²) in [5, 5.41) is 33.8. The molecular formula is C6H10CoO8. The summed E-state index contributed by atoms with van der Waals surface area (Å²) in [6.45, 7) is 0. The van der Waals surface area contributed by atoms with E-state index in [1.165, 1.54) is 0 Å². The summed E-state index contributed by atoms with van der Waals surface area (Å²) in [6.07, 6.45) is -2.29. The van der Waals surface area contributed by atoms with Gasteiger partial charge in [0, 0.05) is 16.8 Å². The summed E-state index contributed by atoms with van der Waals surface area (Å²) in [4.78, 5) is 30.5. The number of rotatable bonds is 5. The normalized spacial score (nSPS) is 9.40. The summed E-state index contributed by atoms with van der Waals surface area (Å²) < 4.78 is 0.